The zero-order chi connectivity index (χ0) is 25.2. The molecule has 7 heteroatoms. The highest BCUT2D eigenvalue weighted by molar-refractivity contribution is 6.12. The topological polar surface area (TPSA) is 87.7 Å². The summed E-state index contributed by atoms with van der Waals surface area (Å²) in [6.07, 6.45) is 0. The zero-order valence-electron chi connectivity index (χ0n) is 20.3. The number of imide groups is 1. The lowest BCUT2D eigenvalue weighted by atomic mass is 9.82. The first-order valence-corrected chi connectivity index (χ1v) is 11.4. The number of hydrogen-bond acceptors (Lipinski definition) is 4. The molecule has 7 nitrogen and oxygen atoms in total. The summed E-state index contributed by atoms with van der Waals surface area (Å²) in [4.78, 5) is 40.8. The molecule has 1 aliphatic rings. The number of amides is 4. The first kappa shape index (κ1) is 24.0. The summed E-state index contributed by atoms with van der Waals surface area (Å²) in [6.45, 7) is 5.77. The number of methoxy groups -OCH3 is 1. The van der Waals surface area contributed by atoms with Crippen LogP contribution >= 0.6 is 0 Å². The molecule has 1 fully saturated rings. The number of rotatable bonds is 6. The Morgan fingerprint density at radius 2 is 1.51 bits per heavy atom. The first-order valence-electron chi connectivity index (χ1n) is 11.4. The van der Waals surface area contributed by atoms with Crippen molar-refractivity contribution in [1.82, 2.24) is 10.2 Å². The van der Waals surface area contributed by atoms with E-state index in [-0.39, 0.29) is 5.41 Å². The molecule has 0 atom stereocenters. The molecule has 0 aliphatic carbocycles. The Morgan fingerprint density at radius 3 is 2.03 bits per heavy atom. The summed E-state index contributed by atoms with van der Waals surface area (Å²) < 4.78 is 5.40. The highest BCUT2D eigenvalue weighted by Crippen LogP contribution is 2.36. The molecule has 1 aliphatic heterocycles. The molecule has 4 rings (SSSR count). The minimum absolute atomic E-state index is 0.137. The van der Waals surface area contributed by atoms with E-state index in [1.807, 2.05) is 48.5 Å². The van der Waals surface area contributed by atoms with Crippen LogP contribution in [0.15, 0.2) is 78.9 Å². The lowest BCUT2D eigenvalue weighted by Crippen LogP contribution is -2.45. The monoisotopic (exact) mass is 471 g/mol. The van der Waals surface area contributed by atoms with Crippen LogP contribution in [0.2, 0.25) is 0 Å². The molecule has 3 aromatic rings. The van der Waals surface area contributed by atoms with Gasteiger partial charge in [-0.05, 0) is 34.2 Å². The Balaban J connectivity index is 1.63. The van der Waals surface area contributed by atoms with E-state index < -0.39 is 29.9 Å². The molecule has 0 bridgehead atoms. The predicted octanol–water partition coefficient (Wildman–Crippen LogP) is 4.43. The fourth-order valence-electron chi connectivity index (χ4n) is 4.26. The lowest BCUT2D eigenvalue weighted by Gasteiger charge is -2.28. The van der Waals surface area contributed by atoms with Crippen LogP contribution < -0.4 is 15.4 Å². The van der Waals surface area contributed by atoms with Crippen molar-refractivity contribution in [3.63, 3.8) is 0 Å². The van der Waals surface area contributed by atoms with Gasteiger partial charge in [0.1, 0.15) is 12.3 Å². The molecule has 3 aromatic carbocycles. The van der Waals surface area contributed by atoms with Gasteiger partial charge in [0.05, 0.1) is 12.8 Å². The third-order valence-corrected chi connectivity index (χ3v) is 6.16. The average Bonchev–Trinajstić information content (AvgIpc) is 3.10. The molecule has 2 N–H and O–H groups in total. The minimum atomic E-state index is -1.41. The van der Waals surface area contributed by atoms with E-state index in [4.69, 9.17) is 4.74 Å². The molecule has 0 radical (unpaired) electrons. The Morgan fingerprint density at radius 1 is 0.943 bits per heavy atom. The second-order valence-corrected chi connectivity index (χ2v) is 9.52. The zero-order valence-corrected chi connectivity index (χ0v) is 20.3. The minimum Gasteiger partial charge on any atom is -0.495 e. The van der Waals surface area contributed by atoms with Gasteiger partial charge in [-0.2, -0.15) is 0 Å². The number of hydrogen-bond donors (Lipinski definition) is 2. The number of urea groups is 1. The van der Waals surface area contributed by atoms with Crippen molar-refractivity contribution >= 4 is 23.5 Å². The van der Waals surface area contributed by atoms with Gasteiger partial charge in [-0.15, -0.1) is 0 Å². The van der Waals surface area contributed by atoms with E-state index in [1.165, 1.54) is 7.11 Å². The van der Waals surface area contributed by atoms with Crippen molar-refractivity contribution in [3.05, 3.63) is 95.6 Å². The van der Waals surface area contributed by atoms with Gasteiger partial charge in [0.15, 0.2) is 5.54 Å². The average molecular weight is 472 g/mol. The van der Waals surface area contributed by atoms with Crippen LogP contribution in [-0.2, 0) is 20.5 Å². The number of anilines is 1. The van der Waals surface area contributed by atoms with Crippen molar-refractivity contribution in [3.8, 4) is 5.75 Å². The van der Waals surface area contributed by atoms with Crippen molar-refractivity contribution in [1.29, 1.82) is 0 Å². The van der Waals surface area contributed by atoms with E-state index in [0.717, 1.165) is 10.5 Å². The maximum atomic E-state index is 13.8. The lowest BCUT2D eigenvalue weighted by molar-refractivity contribution is -0.133. The second-order valence-electron chi connectivity index (χ2n) is 9.52. The maximum Gasteiger partial charge on any atom is 0.326 e. The van der Waals surface area contributed by atoms with Crippen LogP contribution in [0.1, 0.15) is 37.5 Å². The number of carbonyl (C=O) groups excluding carboxylic acids is 3. The Hall–Kier alpha value is -4.13. The number of ether oxygens (including phenoxy) is 1. The molecule has 35 heavy (non-hydrogen) atoms. The molecule has 1 heterocycles. The van der Waals surface area contributed by atoms with Crippen LogP contribution in [0.4, 0.5) is 10.5 Å². The molecule has 4 amide bonds. The highest BCUT2D eigenvalue weighted by Gasteiger charge is 2.54. The Labute approximate surface area is 205 Å². The first-order chi connectivity index (χ1) is 16.7. The van der Waals surface area contributed by atoms with Crippen LogP contribution in [0.25, 0.3) is 0 Å². The number of benzene rings is 3. The third-order valence-electron chi connectivity index (χ3n) is 6.16. The van der Waals surface area contributed by atoms with Crippen LogP contribution in [0, 0.1) is 0 Å². The fourth-order valence-corrected chi connectivity index (χ4v) is 4.26. The van der Waals surface area contributed by atoms with Gasteiger partial charge in [-0.25, -0.2) is 4.79 Å². The molecule has 0 spiro atoms. The molecular formula is C28H29N3O4. The van der Waals surface area contributed by atoms with Crippen molar-refractivity contribution in [2.24, 2.45) is 0 Å². The van der Waals surface area contributed by atoms with Crippen LogP contribution in [0.3, 0.4) is 0 Å². The van der Waals surface area contributed by atoms with Gasteiger partial charge in [0, 0.05) is 0 Å². The van der Waals surface area contributed by atoms with Gasteiger partial charge in [0.25, 0.3) is 5.91 Å². The summed E-state index contributed by atoms with van der Waals surface area (Å²) in [6, 6.07) is 23.0. The molecular weight excluding hydrogens is 442 g/mol. The molecule has 0 unspecified atom stereocenters. The Bertz CT molecular complexity index is 1210. The van der Waals surface area contributed by atoms with Crippen LogP contribution in [0.5, 0.6) is 5.75 Å². The van der Waals surface area contributed by atoms with E-state index >= 15 is 0 Å². The largest absolute Gasteiger partial charge is 0.495 e. The second kappa shape index (κ2) is 9.25. The summed E-state index contributed by atoms with van der Waals surface area (Å²) in [5, 5.41) is 5.66. The van der Waals surface area contributed by atoms with Gasteiger partial charge >= 0.3 is 6.03 Å². The van der Waals surface area contributed by atoms with E-state index in [0.29, 0.717) is 22.6 Å². The van der Waals surface area contributed by atoms with E-state index in [2.05, 4.69) is 31.4 Å². The number of nitrogens with zero attached hydrogens (tertiary/aromatic N) is 1. The highest BCUT2D eigenvalue weighted by atomic mass is 16.5. The van der Waals surface area contributed by atoms with Crippen LogP contribution in [-0.4, -0.2) is 36.4 Å². The summed E-state index contributed by atoms with van der Waals surface area (Å²) in [5.74, 6) is -0.522. The van der Waals surface area contributed by atoms with Crippen molar-refractivity contribution in [2.45, 2.75) is 31.7 Å². The van der Waals surface area contributed by atoms with E-state index in [9.17, 15) is 14.4 Å². The maximum absolute atomic E-state index is 13.8. The van der Waals surface area contributed by atoms with Crippen molar-refractivity contribution in [2.75, 3.05) is 19.0 Å². The van der Waals surface area contributed by atoms with Gasteiger partial charge in [-0.3, -0.25) is 14.5 Å². The standard InChI is InChI=1S/C28H29N3O4/c1-27(2,3)21-15-16-23(35-4)22(17-21)29-24(32)18-31-25(33)28(30-26(31)34,19-11-7-5-8-12-19)20-13-9-6-10-14-20/h5-17H,18H2,1-4H3,(H,29,32)(H,30,34). The molecule has 0 saturated carbocycles. The normalized spacial score (nSPS) is 15.0. The van der Waals surface area contributed by atoms with Gasteiger partial charge in [-0.1, -0.05) is 87.5 Å². The van der Waals surface area contributed by atoms with E-state index in [1.54, 1.807) is 30.3 Å². The van der Waals surface area contributed by atoms with Gasteiger partial charge in [0.2, 0.25) is 5.91 Å². The third kappa shape index (κ3) is 4.49. The summed E-state index contributed by atoms with van der Waals surface area (Å²) in [5.41, 5.74) is 1.18. The fraction of sp³-hybridized carbons (Fsp3) is 0.250. The molecule has 180 valence electrons. The number of carbonyl (C=O) groups is 3. The smallest absolute Gasteiger partial charge is 0.326 e. The summed E-state index contributed by atoms with van der Waals surface area (Å²) >= 11 is 0. The summed E-state index contributed by atoms with van der Waals surface area (Å²) in [7, 11) is 1.52. The molecule has 0 aromatic heterocycles. The SMILES string of the molecule is COc1ccc(C(C)(C)C)cc1NC(=O)CN1C(=O)NC(c2ccccc2)(c2ccccc2)C1=O. The quantitative estimate of drug-likeness (QED) is 0.521. The predicted molar refractivity (Wildman–Crippen MR) is 134 cm³/mol. The molecule has 1 saturated heterocycles. The van der Waals surface area contributed by atoms with Crippen molar-refractivity contribution < 1.29 is 19.1 Å². The number of nitrogens with one attached hydrogen (secondary N) is 2. The van der Waals surface area contributed by atoms with Gasteiger partial charge < -0.3 is 15.4 Å². The Kier molecular flexibility index (Phi) is 6.35.